The molecule has 0 saturated carbocycles. The van der Waals surface area contributed by atoms with E-state index in [-0.39, 0.29) is 12.2 Å². The molecule has 1 atom stereocenters. The summed E-state index contributed by atoms with van der Waals surface area (Å²) in [4.78, 5) is 1.01. The molecule has 0 amide bonds. The van der Waals surface area contributed by atoms with Gasteiger partial charge in [-0.25, -0.2) is 4.39 Å². The van der Waals surface area contributed by atoms with E-state index in [1.165, 1.54) is 6.07 Å². The quantitative estimate of drug-likeness (QED) is 0.833. The van der Waals surface area contributed by atoms with Gasteiger partial charge in [0.1, 0.15) is 12.4 Å². The lowest BCUT2D eigenvalue weighted by atomic mass is 10.0. The molecule has 0 radical (unpaired) electrons. The summed E-state index contributed by atoms with van der Waals surface area (Å²) in [7, 11) is 0. The first-order valence-corrected chi connectivity index (χ1v) is 6.12. The van der Waals surface area contributed by atoms with Crippen LogP contribution in [-0.2, 0) is 0 Å². The van der Waals surface area contributed by atoms with Gasteiger partial charge in [0.15, 0.2) is 0 Å². The van der Waals surface area contributed by atoms with Crippen molar-refractivity contribution >= 4 is 5.69 Å². The summed E-state index contributed by atoms with van der Waals surface area (Å²) in [5, 5.41) is 0. The van der Waals surface area contributed by atoms with Gasteiger partial charge in [0.2, 0.25) is 0 Å². The smallest absolute Gasteiger partial charge is 0.360 e. The van der Waals surface area contributed by atoms with Crippen molar-refractivity contribution in [3.8, 4) is 0 Å². The maximum absolute atomic E-state index is 13.9. The minimum atomic E-state index is -4.38. The molecule has 0 aliphatic rings. The molecule has 108 valence electrons. The van der Waals surface area contributed by atoms with Crippen molar-refractivity contribution in [2.24, 2.45) is 5.73 Å². The predicted molar refractivity (Wildman–Crippen MR) is 67.6 cm³/mol. The Hall–Kier alpha value is -1.30. The van der Waals surface area contributed by atoms with E-state index in [0.29, 0.717) is 12.0 Å². The molecule has 0 unspecified atom stereocenters. The predicted octanol–water partition coefficient (Wildman–Crippen LogP) is 3.62. The van der Waals surface area contributed by atoms with Crippen LogP contribution in [0.15, 0.2) is 18.2 Å². The fourth-order valence-electron chi connectivity index (χ4n) is 1.99. The van der Waals surface area contributed by atoms with Crippen molar-refractivity contribution in [2.45, 2.75) is 32.5 Å². The summed E-state index contributed by atoms with van der Waals surface area (Å²) in [6.07, 6.45) is -3.89. The van der Waals surface area contributed by atoms with Gasteiger partial charge >= 0.3 is 6.18 Å². The van der Waals surface area contributed by atoms with Crippen molar-refractivity contribution in [3.05, 3.63) is 29.6 Å². The van der Waals surface area contributed by atoms with Gasteiger partial charge in [-0.05, 0) is 25.0 Å². The van der Waals surface area contributed by atoms with Crippen LogP contribution in [0.3, 0.4) is 0 Å². The topological polar surface area (TPSA) is 29.3 Å². The molecule has 1 aromatic carbocycles. The zero-order valence-corrected chi connectivity index (χ0v) is 11.0. The molecular weight excluding hydrogens is 260 g/mol. The molecule has 1 rings (SSSR count). The molecule has 0 fully saturated rings. The SMILES string of the molecule is CCCN(CC(F)(F)F)c1c(F)cccc1[C@@H](C)N. The van der Waals surface area contributed by atoms with E-state index in [2.05, 4.69) is 0 Å². The number of halogens is 4. The molecule has 0 aromatic heterocycles. The van der Waals surface area contributed by atoms with Gasteiger partial charge in [-0.2, -0.15) is 13.2 Å². The lowest BCUT2D eigenvalue weighted by Gasteiger charge is -2.29. The average Bonchev–Trinajstić information content (AvgIpc) is 2.26. The van der Waals surface area contributed by atoms with E-state index in [9.17, 15) is 17.6 Å². The number of nitrogens with two attached hydrogens (primary N) is 1. The van der Waals surface area contributed by atoms with E-state index in [4.69, 9.17) is 5.73 Å². The Balaban J connectivity index is 3.21. The van der Waals surface area contributed by atoms with Crippen LogP contribution in [0.4, 0.5) is 23.2 Å². The second-order valence-electron chi connectivity index (χ2n) is 4.50. The fourth-order valence-corrected chi connectivity index (χ4v) is 1.99. The molecule has 1 aromatic rings. The summed E-state index contributed by atoms with van der Waals surface area (Å²) in [5.74, 6) is -0.674. The first-order chi connectivity index (χ1) is 8.76. The lowest BCUT2D eigenvalue weighted by Crippen LogP contribution is -2.36. The van der Waals surface area contributed by atoms with E-state index in [0.717, 1.165) is 11.0 Å². The van der Waals surface area contributed by atoms with Gasteiger partial charge in [0.05, 0.1) is 5.69 Å². The van der Waals surface area contributed by atoms with Gasteiger partial charge in [-0.1, -0.05) is 19.1 Å². The highest BCUT2D eigenvalue weighted by Gasteiger charge is 2.32. The number of benzene rings is 1. The normalized spacial score (nSPS) is 13.4. The molecule has 0 saturated heterocycles. The Bertz CT molecular complexity index is 416. The number of anilines is 1. The number of rotatable bonds is 5. The monoisotopic (exact) mass is 278 g/mol. The summed E-state index contributed by atoms with van der Waals surface area (Å²) in [5.41, 5.74) is 6.05. The second kappa shape index (κ2) is 6.23. The molecular formula is C13H18F4N2. The van der Waals surface area contributed by atoms with Gasteiger partial charge in [-0.3, -0.25) is 0 Å². The third-order valence-electron chi connectivity index (χ3n) is 2.69. The van der Waals surface area contributed by atoms with Crippen molar-refractivity contribution < 1.29 is 17.6 Å². The number of para-hydroxylation sites is 1. The average molecular weight is 278 g/mol. The van der Waals surface area contributed by atoms with Crippen molar-refractivity contribution in [1.29, 1.82) is 0 Å². The van der Waals surface area contributed by atoms with Gasteiger partial charge in [0.25, 0.3) is 0 Å². The zero-order chi connectivity index (χ0) is 14.6. The molecule has 2 nitrogen and oxygen atoms in total. The van der Waals surface area contributed by atoms with Gasteiger partial charge < -0.3 is 10.6 Å². The van der Waals surface area contributed by atoms with Crippen LogP contribution in [0.1, 0.15) is 31.9 Å². The van der Waals surface area contributed by atoms with E-state index in [1.807, 2.05) is 0 Å². The van der Waals surface area contributed by atoms with Crippen LogP contribution in [0.5, 0.6) is 0 Å². The molecule has 0 aliphatic heterocycles. The highest BCUT2D eigenvalue weighted by atomic mass is 19.4. The molecule has 6 heteroatoms. The van der Waals surface area contributed by atoms with Crippen LogP contribution in [0.2, 0.25) is 0 Å². The second-order valence-corrected chi connectivity index (χ2v) is 4.50. The third kappa shape index (κ3) is 4.38. The van der Waals surface area contributed by atoms with Gasteiger partial charge in [-0.15, -0.1) is 0 Å². The van der Waals surface area contributed by atoms with Gasteiger partial charge in [0, 0.05) is 12.6 Å². The summed E-state index contributed by atoms with van der Waals surface area (Å²) < 4.78 is 51.6. The number of hydrogen-bond acceptors (Lipinski definition) is 2. The Morgan fingerprint density at radius 2 is 1.95 bits per heavy atom. The number of hydrogen-bond donors (Lipinski definition) is 1. The number of alkyl halides is 3. The first-order valence-electron chi connectivity index (χ1n) is 6.12. The molecule has 0 spiro atoms. The number of nitrogens with zero attached hydrogens (tertiary/aromatic N) is 1. The van der Waals surface area contributed by atoms with Crippen LogP contribution in [0, 0.1) is 5.82 Å². The molecule has 0 bridgehead atoms. The first kappa shape index (κ1) is 15.8. The Labute approximate surface area is 110 Å². The Morgan fingerprint density at radius 1 is 1.32 bits per heavy atom. The standard InChI is InChI=1S/C13H18F4N2/c1-3-7-19(8-13(15,16)17)12-10(9(2)18)5-4-6-11(12)14/h4-6,9H,3,7-8,18H2,1-2H3/t9-/m1/s1. The molecule has 2 N–H and O–H groups in total. The van der Waals surface area contributed by atoms with Crippen LogP contribution < -0.4 is 10.6 Å². The highest BCUT2D eigenvalue weighted by molar-refractivity contribution is 5.56. The maximum atomic E-state index is 13.9. The van der Waals surface area contributed by atoms with Crippen LogP contribution in [-0.4, -0.2) is 19.3 Å². The van der Waals surface area contributed by atoms with E-state index < -0.39 is 24.6 Å². The van der Waals surface area contributed by atoms with Crippen molar-refractivity contribution in [3.63, 3.8) is 0 Å². The molecule has 0 aliphatic carbocycles. The summed E-state index contributed by atoms with van der Waals surface area (Å²) >= 11 is 0. The minimum Gasteiger partial charge on any atom is -0.360 e. The fraction of sp³-hybridized carbons (Fsp3) is 0.538. The largest absolute Gasteiger partial charge is 0.405 e. The van der Waals surface area contributed by atoms with E-state index in [1.54, 1.807) is 19.9 Å². The van der Waals surface area contributed by atoms with Crippen molar-refractivity contribution in [1.82, 2.24) is 0 Å². The maximum Gasteiger partial charge on any atom is 0.405 e. The van der Waals surface area contributed by atoms with Crippen LogP contribution in [0.25, 0.3) is 0 Å². The summed E-state index contributed by atoms with van der Waals surface area (Å²) in [6, 6.07) is 3.63. The summed E-state index contributed by atoms with van der Waals surface area (Å²) in [6.45, 7) is 2.31. The molecule has 0 heterocycles. The highest BCUT2D eigenvalue weighted by Crippen LogP contribution is 2.31. The Morgan fingerprint density at radius 3 is 2.42 bits per heavy atom. The van der Waals surface area contributed by atoms with E-state index >= 15 is 0 Å². The molecule has 19 heavy (non-hydrogen) atoms. The Kier molecular flexibility index (Phi) is 5.17. The minimum absolute atomic E-state index is 0.0447. The van der Waals surface area contributed by atoms with Crippen molar-refractivity contribution in [2.75, 3.05) is 18.0 Å². The van der Waals surface area contributed by atoms with Crippen LogP contribution >= 0.6 is 0 Å². The zero-order valence-electron chi connectivity index (χ0n) is 11.0. The third-order valence-corrected chi connectivity index (χ3v) is 2.69. The lowest BCUT2D eigenvalue weighted by molar-refractivity contribution is -0.119.